The number of rotatable bonds is 8. The molecule has 0 aliphatic heterocycles. The maximum Gasteiger partial charge on any atom is 0.311 e. The third kappa shape index (κ3) is 5.90. The van der Waals surface area contributed by atoms with Gasteiger partial charge in [-0.25, -0.2) is 4.98 Å². The number of nitrogens with zero attached hydrogens (tertiary/aromatic N) is 4. The average molecular weight is 403 g/mol. The molecular formula is C17H18N6O2S2. The molecule has 3 N–H and O–H groups in total. The number of aromatic nitrogens is 4. The van der Waals surface area contributed by atoms with Gasteiger partial charge in [-0.3, -0.25) is 4.79 Å². The van der Waals surface area contributed by atoms with E-state index in [0.717, 1.165) is 10.0 Å². The molecule has 27 heavy (non-hydrogen) atoms. The lowest BCUT2D eigenvalue weighted by molar-refractivity contribution is -0.142. The number of benzene rings is 1. The van der Waals surface area contributed by atoms with Crippen molar-refractivity contribution in [3.8, 4) is 0 Å². The van der Waals surface area contributed by atoms with Crippen LogP contribution >= 0.6 is 23.1 Å². The van der Waals surface area contributed by atoms with Gasteiger partial charge >= 0.3 is 5.97 Å². The molecule has 0 aliphatic carbocycles. The summed E-state index contributed by atoms with van der Waals surface area (Å²) in [7, 11) is 0. The number of nitrogens with one attached hydrogen (secondary N) is 1. The molecule has 0 radical (unpaired) electrons. The molecule has 10 heteroatoms. The number of thiazole rings is 1. The molecule has 0 amide bonds. The molecule has 0 spiro atoms. The van der Waals surface area contributed by atoms with Crippen LogP contribution in [0.25, 0.3) is 0 Å². The van der Waals surface area contributed by atoms with E-state index < -0.39 is 0 Å². The molecule has 0 bridgehead atoms. The number of thioether (sulfide) groups is 1. The van der Waals surface area contributed by atoms with Crippen LogP contribution in [0, 0.1) is 0 Å². The Kier molecular flexibility index (Phi) is 6.55. The van der Waals surface area contributed by atoms with Crippen LogP contribution in [0.5, 0.6) is 0 Å². The number of carbonyl (C=O) groups excluding carboxylic acids is 1. The molecule has 2 heterocycles. The van der Waals surface area contributed by atoms with Gasteiger partial charge in [-0.05, 0) is 19.1 Å². The highest BCUT2D eigenvalue weighted by Crippen LogP contribution is 2.26. The van der Waals surface area contributed by atoms with Gasteiger partial charge in [-0.15, -0.1) is 11.3 Å². The van der Waals surface area contributed by atoms with Gasteiger partial charge in [0.1, 0.15) is 5.82 Å². The Hall–Kier alpha value is -2.72. The predicted octanol–water partition coefficient (Wildman–Crippen LogP) is 3.05. The minimum absolute atomic E-state index is 0.154. The Morgan fingerprint density at radius 1 is 1.22 bits per heavy atom. The summed E-state index contributed by atoms with van der Waals surface area (Å²) >= 11 is 2.94. The van der Waals surface area contributed by atoms with Crippen LogP contribution in [-0.2, 0) is 21.7 Å². The third-order valence-corrected chi connectivity index (χ3v) is 5.28. The maximum atomic E-state index is 11.5. The minimum atomic E-state index is -0.277. The summed E-state index contributed by atoms with van der Waals surface area (Å²) in [5.41, 5.74) is 7.36. The number of nitrogens with two attached hydrogens (primary N) is 1. The SMILES string of the molecule is CCOC(=O)Cc1csc(SCc2nc(N)nc(Nc3ccccc3)n2)n1. The summed E-state index contributed by atoms with van der Waals surface area (Å²) in [4.78, 5) is 28.6. The van der Waals surface area contributed by atoms with Gasteiger partial charge < -0.3 is 15.8 Å². The number of para-hydroxylation sites is 1. The van der Waals surface area contributed by atoms with Gasteiger partial charge in [0.15, 0.2) is 4.34 Å². The highest BCUT2D eigenvalue weighted by molar-refractivity contribution is 8.00. The number of nitrogen functional groups attached to an aromatic ring is 1. The standard InChI is InChI=1S/C17H18N6O2S2/c1-2-25-14(24)8-12-9-26-17(20-12)27-10-13-21-15(18)23-16(22-13)19-11-6-4-3-5-7-11/h3-7,9H,2,8,10H2,1H3,(H3,18,19,21,22,23). The topological polar surface area (TPSA) is 116 Å². The third-order valence-electron chi connectivity index (χ3n) is 3.22. The van der Waals surface area contributed by atoms with E-state index in [9.17, 15) is 4.79 Å². The van der Waals surface area contributed by atoms with E-state index in [2.05, 4.69) is 25.3 Å². The highest BCUT2D eigenvalue weighted by Gasteiger charge is 2.11. The number of hydrogen-bond donors (Lipinski definition) is 2. The fourth-order valence-corrected chi connectivity index (χ4v) is 3.83. The van der Waals surface area contributed by atoms with Gasteiger partial charge in [0.05, 0.1) is 24.5 Å². The summed E-state index contributed by atoms with van der Waals surface area (Å²) in [6.07, 6.45) is 0.175. The summed E-state index contributed by atoms with van der Waals surface area (Å²) in [6, 6.07) is 9.59. The van der Waals surface area contributed by atoms with Crippen LogP contribution in [-0.4, -0.2) is 32.5 Å². The van der Waals surface area contributed by atoms with E-state index in [1.165, 1.54) is 23.1 Å². The number of hydrogen-bond acceptors (Lipinski definition) is 10. The summed E-state index contributed by atoms with van der Waals surface area (Å²) < 4.78 is 5.76. The molecule has 3 rings (SSSR count). The van der Waals surface area contributed by atoms with Crippen LogP contribution in [0.1, 0.15) is 18.4 Å². The first-order chi connectivity index (χ1) is 13.1. The lowest BCUT2D eigenvalue weighted by Crippen LogP contribution is -2.07. The normalized spacial score (nSPS) is 10.6. The van der Waals surface area contributed by atoms with Crippen molar-refractivity contribution in [2.45, 2.75) is 23.4 Å². The fraction of sp³-hybridized carbons (Fsp3) is 0.235. The Bertz CT molecular complexity index is 903. The van der Waals surface area contributed by atoms with E-state index in [4.69, 9.17) is 10.5 Å². The average Bonchev–Trinajstić information content (AvgIpc) is 3.08. The van der Waals surface area contributed by atoms with E-state index in [-0.39, 0.29) is 18.3 Å². The monoisotopic (exact) mass is 402 g/mol. The Morgan fingerprint density at radius 3 is 2.81 bits per heavy atom. The van der Waals surface area contributed by atoms with Gasteiger partial charge in [-0.2, -0.15) is 15.0 Å². The van der Waals surface area contributed by atoms with Crippen LogP contribution in [0.4, 0.5) is 17.6 Å². The first-order valence-electron chi connectivity index (χ1n) is 8.17. The predicted molar refractivity (Wildman–Crippen MR) is 106 cm³/mol. The second kappa shape index (κ2) is 9.28. The molecule has 8 nitrogen and oxygen atoms in total. The zero-order valence-corrected chi connectivity index (χ0v) is 16.2. The molecule has 0 saturated carbocycles. The van der Waals surface area contributed by atoms with Crippen molar-refractivity contribution < 1.29 is 9.53 Å². The molecule has 0 unspecified atom stereocenters. The summed E-state index contributed by atoms with van der Waals surface area (Å²) in [5, 5.41) is 4.96. The van der Waals surface area contributed by atoms with Crippen molar-refractivity contribution in [1.29, 1.82) is 0 Å². The molecule has 0 aliphatic rings. The van der Waals surface area contributed by atoms with Gasteiger partial charge in [0.25, 0.3) is 0 Å². The van der Waals surface area contributed by atoms with Crippen LogP contribution < -0.4 is 11.1 Å². The second-order valence-electron chi connectivity index (χ2n) is 5.30. The number of anilines is 3. The molecule has 1 aromatic carbocycles. The summed E-state index contributed by atoms with van der Waals surface area (Å²) in [6.45, 7) is 2.15. The van der Waals surface area contributed by atoms with Gasteiger partial charge in [0.2, 0.25) is 11.9 Å². The van der Waals surface area contributed by atoms with E-state index in [1.54, 1.807) is 6.92 Å². The maximum absolute atomic E-state index is 11.5. The van der Waals surface area contributed by atoms with Crippen LogP contribution in [0.2, 0.25) is 0 Å². The smallest absolute Gasteiger partial charge is 0.311 e. The number of esters is 1. The van der Waals surface area contributed by atoms with Crippen molar-refractivity contribution >= 4 is 46.7 Å². The summed E-state index contributed by atoms with van der Waals surface area (Å²) in [5.74, 6) is 1.31. The molecule has 3 aromatic rings. The lowest BCUT2D eigenvalue weighted by Gasteiger charge is -2.06. The molecule has 0 fully saturated rings. The van der Waals surface area contributed by atoms with Crippen molar-refractivity contribution in [3.05, 3.63) is 47.2 Å². The van der Waals surface area contributed by atoms with Crippen molar-refractivity contribution in [3.63, 3.8) is 0 Å². The van der Waals surface area contributed by atoms with Gasteiger partial charge in [-0.1, -0.05) is 30.0 Å². The van der Waals surface area contributed by atoms with Gasteiger partial charge in [0, 0.05) is 11.1 Å². The Morgan fingerprint density at radius 2 is 2.04 bits per heavy atom. The first-order valence-corrected chi connectivity index (χ1v) is 10.0. The molecule has 140 valence electrons. The lowest BCUT2D eigenvalue weighted by atomic mass is 10.3. The minimum Gasteiger partial charge on any atom is -0.466 e. The first kappa shape index (κ1) is 19.1. The van der Waals surface area contributed by atoms with Crippen molar-refractivity contribution in [1.82, 2.24) is 19.9 Å². The van der Waals surface area contributed by atoms with Crippen LogP contribution in [0.15, 0.2) is 40.1 Å². The van der Waals surface area contributed by atoms with E-state index >= 15 is 0 Å². The zero-order valence-electron chi connectivity index (χ0n) is 14.6. The van der Waals surface area contributed by atoms with Crippen molar-refractivity contribution in [2.24, 2.45) is 0 Å². The molecule has 2 aromatic heterocycles. The largest absolute Gasteiger partial charge is 0.466 e. The second-order valence-corrected chi connectivity index (χ2v) is 7.38. The van der Waals surface area contributed by atoms with Crippen LogP contribution in [0.3, 0.4) is 0 Å². The van der Waals surface area contributed by atoms with Crippen molar-refractivity contribution in [2.75, 3.05) is 17.7 Å². The molecular weight excluding hydrogens is 384 g/mol. The number of carbonyl (C=O) groups is 1. The Labute approximate surface area is 164 Å². The molecule has 0 atom stereocenters. The Balaban J connectivity index is 1.61. The highest BCUT2D eigenvalue weighted by atomic mass is 32.2. The van der Waals surface area contributed by atoms with E-state index in [1.807, 2.05) is 35.7 Å². The zero-order chi connectivity index (χ0) is 19.1. The van der Waals surface area contributed by atoms with E-state index in [0.29, 0.717) is 29.8 Å². The molecule has 0 saturated heterocycles. The fourth-order valence-electron chi connectivity index (χ4n) is 2.13. The number of ether oxygens (including phenoxy) is 1. The quantitative estimate of drug-likeness (QED) is 0.433.